The van der Waals surface area contributed by atoms with Crippen molar-refractivity contribution >= 4 is 28.9 Å². The molecule has 0 radical (unpaired) electrons. The quantitative estimate of drug-likeness (QED) is 0.519. The highest BCUT2D eigenvalue weighted by molar-refractivity contribution is 6.13. The zero-order valence-corrected chi connectivity index (χ0v) is 14.5. The second-order valence-corrected chi connectivity index (χ2v) is 6.19. The van der Waals surface area contributed by atoms with Crippen molar-refractivity contribution in [3.63, 3.8) is 0 Å². The van der Waals surface area contributed by atoms with Gasteiger partial charge in [-0.05, 0) is 30.3 Å². The molecule has 0 N–H and O–H groups in total. The molecule has 0 aliphatic carbocycles. The Morgan fingerprint density at radius 2 is 1.96 bits per heavy atom. The minimum atomic E-state index is -0.491. The van der Waals surface area contributed by atoms with Gasteiger partial charge in [0.1, 0.15) is 11.3 Å². The van der Waals surface area contributed by atoms with Gasteiger partial charge in [0.05, 0.1) is 0 Å². The molecule has 0 spiro atoms. The fraction of sp³-hybridized carbons (Fsp3) is 0.143. The van der Waals surface area contributed by atoms with Gasteiger partial charge in [-0.15, -0.1) is 0 Å². The molecular weight excluding hydrogens is 346 g/mol. The molecule has 6 nitrogen and oxygen atoms in total. The molecule has 2 aliphatic rings. The highest BCUT2D eigenvalue weighted by Crippen LogP contribution is 2.34. The van der Waals surface area contributed by atoms with Crippen LogP contribution in [-0.4, -0.2) is 18.7 Å². The van der Waals surface area contributed by atoms with Crippen LogP contribution in [0.4, 0.5) is 0 Å². The zero-order valence-electron chi connectivity index (χ0n) is 14.5. The number of carbonyl (C=O) groups is 1. The van der Waals surface area contributed by atoms with E-state index in [1.807, 2.05) is 31.2 Å². The Morgan fingerprint density at radius 1 is 1.11 bits per heavy atom. The first-order chi connectivity index (χ1) is 13.2. The van der Waals surface area contributed by atoms with Crippen LogP contribution in [0.3, 0.4) is 0 Å². The Hall–Kier alpha value is -3.54. The molecule has 0 amide bonds. The fourth-order valence-electron chi connectivity index (χ4n) is 3.24. The van der Waals surface area contributed by atoms with Crippen LogP contribution in [0.1, 0.15) is 23.8 Å². The third-order valence-corrected chi connectivity index (χ3v) is 4.55. The van der Waals surface area contributed by atoms with Crippen molar-refractivity contribution in [2.45, 2.75) is 13.3 Å². The number of nitrogens with zero attached hydrogens (tertiary/aromatic N) is 1. The lowest BCUT2D eigenvalue weighted by Crippen LogP contribution is -2.05. The summed E-state index contributed by atoms with van der Waals surface area (Å²) >= 11 is 0. The molecule has 2 aliphatic heterocycles. The van der Waals surface area contributed by atoms with Crippen molar-refractivity contribution in [3.05, 3.63) is 65.0 Å². The van der Waals surface area contributed by atoms with Gasteiger partial charge in [0.15, 0.2) is 17.2 Å². The van der Waals surface area contributed by atoms with Crippen molar-refractivity contribution < 1.29 is 23.4 Å². The minimum Gasteiger partial charge on any atom is -0.460 e. The number of rotatable bonds is 3. The van der Waals surface area contributed by atoms with Crippen LogP contribution in [0, 0.1) is 0 Å². The van der Waals surface area contributed by atoms with E-state index in [9.17, 15) is 4.79 Å². The van der Waals surface area contributed by atoms with Crippen LogP contribution < -0.4 is 9.47 Å². The van der Waals surface area contributed by atoms with Crippen molar-refractivity contribution in [1.82, 2.24) is 0 Å². The summed E-state index contributed by atoms with van der Waals surface area (Å²) in [6.45, 7) is 2.19. The molecule has 3 heterocycles. The summed E-state index contributed by atoms with van der Waals surface area (Å²) in [5.41, 5.74) is 2.54. The number of hydrogen-bond acceptors (Lipinski definition) is 6. The summed E-state index contributed by atoms with van der Waals surface area (Å²) in [6, 6.07) is 13.0. The third-order valence-electron chi connectivity index (χ3n) is 4.55. The third kappa shape index (κ3) is 2.57. The summed E-state index contributed by atoms with van der Waals surface area (Å²) in [7, 11) is 0. The van der Waals surface area contributed by atoms with Gasteiger partial charge in [-0.3, -0.25) is 0 Å². The van der Waals surface area contributed by atoms with Gasteiger partial charge in [-0.2, -0.15) is 0 Å². The first-order valence-electron chi connectivity index (χ1n) is 8.66. The molecule has 0 unspecified atom stereocenters. The van der Waals surface area contributed by atoms with E-state index in [0.29, 0.717) is 23.5 Å². The van der Waals surface area contributed by atoms with Gasteiger partial charge < -0.3 is 18.6 Å². The number of ether oxygens (including phenoxy) is 3. The lowest BCUT2D eigenvalue weighted by molar-refractivity contribution is -0.129. The normalized spacial score (nSPS) is 16.9. The Balaban J connectivity index is 1.57. The summed E-state index contributed by atoms with van der Waals surface area (Å²) in [6.07, 6.45) is 2.44. The van der Waals surface area contributed by atoms with E-state index in [-0.39, 0.29) is 18.4 Å². The number of esters is 1. The maximum Gasteiger partial charge on any atom is 0.363 e. The van der Waals surface area contributed by atoms with Crippen molar-refractivity contribution in [3.8, 4) is 11.5 Å². The number of aliphatic imine (C=N–C) groups is 1. The maximum atomic E-state index is 12.4. The number of carbonyl (C=O) groups excluding carboxylic acids is 1. The predicted molar refractivity (Wildman–Crippen MR) is 98.8 cm³/mol. The number of furan rings is 1. The summed E-state index contributed by atoms with van der Waals surface area (Å²) in [5.74, 6) is 1.84. The lowest BCUT2D eigenvalue weighted by Gasteiger charge is -2.01. The smallest absolute Gasteiger partial charge is 0.363 e. The van der Waals surface area contributed by atoms with Crippen molar-refractivity contribution in [1.29, 1.82) is 0 Å². The molecule has 0 fully saturated rings. The van der Waals surface area contributed by atoms with Crippen LogP contribution in [0.5, 0.6) is 11.5 Å². The van der Waals surface area contributed by atoms with E-state index in [4.69, 9.17) is 18.6 Å². The number of para-hydroxylation sites is 1. The van der Waals surface area contributed by atoms with Crippen LogP contribution in [0.2, 0.25) is 0 Å². The van der Waals surface area contributed by atoms with Crippen LogP contribution in [-0.2, 0) is 16.0 Å². The summed E-state index contributed by atoms with van der Waals surface area (Å²) in [5, 5.41) is 0.946. The summed E-state index contributed by atoms with van der Waals surface area (Å²) < 4.78 is 21.9. The molecule has 6 heteroatoms. The zero-order chi connectivity index (χ0) is 18.4. The van der Waals surface area contributed by atoms with Gasteiger partial charge in [0, 0.05) is 22.9 Å². The molecule has 0 bridgehead atoms. The van der Waals surface area contributed by atoms with Crippen LogP contribution in [0.15, 0.2) is 57.6 Å². The summed E-state index contributed by atoms with van der Waals surface area (Å²) in [4.78, 5) is 16.8. The minimum absolute atomic E-state index is 0.184. The Kier molecular flexibility index (Phi) is 3.50. The molecule has 3 aromatic rings. The number of hydrogen-bond donors (Lipinski definition) is 0. The molecular formula is C21H15NO5. The standard InChI is InChI=1S/C21H15NO5/c1-2-16-14(13-5-3-4-6-17(13)26-16)10-15-21(23)27-20(22-15)12-7-8-18-19(9-12)25-11-24-18/h3-10H,2,11H2,1H3/b15-10-. The molecule has 0 saturated heterocycles. The molecule has 134 valence electrons. The number of cyclic esters (lactones) is 1. The maximum absolute atomic E-state index is 12.4. The number of aryl methyl sites for hydroxylation is 1. The van der Waals surface area contributed by atoms with Gasteiger partial charge >= 0.3 is 5.97 Å². The average Bonchev–Trinajstić information content (AvgIpc) is 3.39. The van der Waals surface area contributed by atoms with E-state index < -0.39 is 5.97 Å². The van der Waals surface area contributed by atoms with Gasteiger partial charge in [-0.1, -0.05) is 25.1 Å². The second-order valence-electron chi connectivity index (χ2n) is 6.19. The number of fused-ring (bicyclic) bond motifs is 2. The van der Waals surface area contributed by atoms with Crippen LogP contribution in [0.25, 0.3) is 17.0 Å². The molecule has 27 heavy (non-hydrogen) atoms. The molecule has 5 rings (SSSR count). The average molecular weight is 361 g/mol. The van der Waals surface area contributed by atoms with Gasteiger partial charge in [0.2, 0.25) is 12.7 Å². The fourth-order valence-corrected chi connectivity index (χ4v) is 3.24. The SMILES string of the molecule is CCc1oc2ccccc2c1/C=C1\N=C(c2ccc3c(c2)OCO3)OC1=O. The van der Waals surface area contributed by atoms with E-state index in [1.165, 1.54) is 0 Å². The Morgan fingerprint density at radius 3 is 2.85 bits per heavy atom. The predicted octanol–water partition coefficient (Wildman–Crippen LogP) is 4.07. The molecule has 0 atom stereocenters. The van der Waals surface area contributed by atoms with E-state index >= 15 is 0 Å². The van der Waals surface area contributed by atoms with Crippen LogP contribution >= 0.6 is 0 Å². The topological polar surface area (TPSA) is 70.3 Å². The van der Waals surface area contributed by atoms with E-state index in [0.717, 1.165) is 22.3 Å². The van der Waals surface area contributed by atoms with E-state index in [1.54, 1.807) is 24.3 Å². The molecule has 1 aromatic heterocycles. The highest BCUT2D eigenvalue weighted by Gasteiger charge is 2.27. The Bertz CT molecular complexity index is 1140. The second kappa shape index (κ2) is 6.02. The highest BCUT2D eigenvalue weighted by atomic mass is 16.7. The van der Waals surface area contributed by atoms with Gasteiger partial charge in [0.25, 0.3) is 0 Å². The monoisotopic (exact) mass is 361 g/mol. The van der Waals surface area contributed by atoms with Gasteiger partial charge in [-0.25, -0.2) is 9.79 Å². The number of benzene rings is 2. The molecule has 2 aromatic carbocycles. The van der Waals surface area contributed by atoms with Crippen molar-refractivity contribution in [2.75, 3.05) is 6.79 Å². The Labute approximate surface area is 154 Å². The first-order valence-corrected chi connectivity index (χ1v) is 8.66. The van der Waals surface area contributed by atoms with E-state index in [2.05, 4.69) is 4.99 Å². The molecule has 0 saturated carbocycles. The largest absolute Gasteiger partial charge is 0.460 e. The van der Waals surface area contributed by atoms with Crippen molar-refractivity contribution in [2.24, 2.45) is 4.99 Å². The first kappa shape index (κ1) is 15.7. The lowest BCUT2D eigenvalue weighted by atomic mass is 10.1.